The predicted molar refractivity (Wildman–Crippen MR) is 78.5 cm³/mol. The molecule has 2 aromatic carbocycles. The molecule has 2 rings (SSSR count). The van der Waals surface area contributed by atoms with Gasteiger partial charge in [0.05, 0.1) is 4.90 Å². The summed E-state index contributed by atoms with van der Waals surface area (Å²) in [6.45, 7) is 3.56. The number of benzene rings is 2. The molecule has 0 unspecified atom stereocenters. The smallest absolute Gasteiger partial charge is 0.202 e. The van der Waals surface area contributed by atoms with Gasteiger partial charge in [-0.2, -0.15) is 0 Å². The van der Waals surface area contributed by atoms with Crippen LogP contribution in [0.3, 0.4) is 0 Å². The highest BCUT2D eigenvalue weighted by Gasteiger charge is 2.16. The standard InChI is InChI=1S/C16H16O2S/c1-13-8-10-16(11-9-13)19(17,18)14(2)12-15-6-4-3-5-7-15/h3-12H,1-2H3/b14-12+. The fraction of sp³-hybridized carbons (Fsp3) is 0.125. The third-order valence-corrected chi connectivity index (χ3v) is 4.78. The Kier molecular flexibility index (Phi) is 3.86. The van der Waals surface area contributed by atoms with Crippen molar-refractivity contribution < 1.29 is 8.42 Å². The maximum atomic E-state index is 12.4. The average molecular weight is 272 g/mol. The number of sulfone groups is 1. The minimum absolute atomic E-state index is 0.336. The van der Waals surface area contributed by atoms with Gasteiger partial charge in [-0.1, -0.05) is 48.0 Å². The van der Waals surface area contributed by atoms with Crippen molar-refractivity contribution in [1.82, 2.24) is 0 Å². The van der Waals surface area contributed by atoms with Crippen molar-refractivity contribution in [2.24, 2.45) is 0 Å². The Morgan fingerprint density at radius 1 is 0.947 bits per heavy atom. The second-order valence-electron chi connectivity index (χ2n) is 4.48. The predicted octanol–water partition coefficient (Wildman–Crippen LogP) is 3.83. The summed E-state index contributed by atoms with van der Waals surface area (Å²) in [6, 6.07) is 16.4. The van der Waals surface area contributed by atoms with Gasteiger partial charge in [-0.15, -0.1) is 0 Å². The third kappa shape index (κ3) is 3.12. The van der Waals surface area contributed by atoms with E-state index in [1.807, 2.05) is 49.4 Å². The van der Waals surface area contributed by atoms with E-state index < -0.39 is 9.84 Å². The van der Waals surface area contributed by atoms with Crippen molar-refractivity contribution in [3.05, 3.63) is 70.6 Å². The second-order valence-corrected chi connectivity index (χ2v) is 6.60. The monoisotopic (exact) mass is 272 g/mol. The molecule has 0 saturated carbocycles. The molecule has 0 heterocycles. The molecule has 0 aromatic heterocycles. The lowest BCUT2D eigenvalue weighted by Gasteiger charge is -2.05. The lowest BCUT2D eigenvalue weighted by atomic mass is 10.2. The maximum absolute atomic E-state index is 12.4. The van der Waals surface area contributed by atoms with Gasteiger partial charge in [0.25, 0.3) is 0 Å². The Balaban J connectivity index is 2.40. The average Bonchev–Trinajstić information content (AvgIpc) is 2.40. The van der Waals surface area contributed by atoms with Crippen LogP contribution in [0.25, 0.3) is 6.08 Å². The van der Waals surface area contributed by atoms with E-state index >= 15 is 0 Å². The van der Waals surface area contributed by atoms with E-state index in [9.17, 15) is 8.42 Å². The normalized spacial score (nSPS) is 12.4. The molecule has 0 N–H and O–H groups in total. The maximum Gasteiger partial charge on any atom is 0.202 e. The number of hydrogen-bond acceptors (Lipinski definition) is 2. The zero-order valence-corrected chi connectivity index (χ0v) is 11.8. The molecule has 0 aliphatic carbocycles. The molecule has 0 amide bonds. The van der Waals surface area contributed by atoms with Crippen molar-refractivity contribution in [2.75, 3.05) is 0 Å². The molecular weight excluding hydrogens is 256 g/mol. The van der Waals surface area contributed by atoms with Gasteiger partial charge in [-0.3, -0.25) is 0 Å². The van der Waals surface area contributed by atoms with Crippen molar-refractivity contribution in [3.63, 3.8) is 0 Å². The minimum atomic E-state index is -3.39. The summed E-state index contributed by atoms with van der Waals surface area (Å²) in [6.07, 6.45) is 1.69. The van der Waals surface area contributed by atoms with Crippen LogP contribution in [0.1, 0.15) is 18.1 Å². The highest BCUT2D eigenvalue weighted by atomic mass is 32.2. The number of rotatable bonds is 3. The van der Waals surface area contributed by atoms with Crippen molar-refractivity contribution >= 4 is 15.9 Å². The summed E-state index contributed by atoms with van der Waals surface area (Å²) in [4.78, 5) is 0.685. The highest BCUT2D eigenvalue weighted by molar-refractivity contribution is 7.95. The summed E-state index contributed by atoms with van der Waals surface area (Å²) >= 11 is 0. The Hall–Kier alpha value is -1.87. The number of allylic oxidation sites excluding steroid dienone is 1. The molecule has 2 aromatic rings. The van der Waals surface area contributed by atoms with Crippen molar-refractivity contribution in [1.29, 1.82) is 0 Å². The van der Waals surface area contributed by atoms with E-state index in [1.165, 1.54) is 0 Å². The molecule has 0 bridgehead atoms. The SMILES string of the molecule is C/C(=C\c1ccccc1)S(=O)(=O)c1ccc(C)cc1. The first-order valence-electron chi connectivity index (χ1n) is 6.05. The summed E-state index contributed by atoms with van der Waals surface area (Å²) < 4.78 is 24.8. The van der Waals surface area contributed by atoms with Gasteiger partial charge >= 0.3 is 0 Å². The first-order valence-corrected chi connectivity index (χ1v) is 7.53. The van der Waals surface area contributed by atoms with E-state index in [4.69, 9.17) is 0 Å². The van der Waals surface area contributed by atoms with E-state index in [-0.39, 0.29) is 0 Å². The zero-order valence-electron chi connectivity index (χ0n) is 11.0. The summed E-state index contributed by atoms with van der Waals surface area (Å²) in [5, 5.41) is 0. The van der Waals surface area contributed by atoms with Crippen LogP contribution >= 0.6 is 0 Å². The van der Waals surface area contributed by atoms with Gasteiger partial charge in [0.1, 0.15) is 0 Å². The molecule has 98 valence electrons. The summed E-state index contributed by atoms with van der Waals surface area (Å²) in [5.74, 6) is 0. The van der Waals surface area contributed by atoms with E-state index in [0.29, 0.717) is 9.80 Å². The molecule has 0 radical (unpaired) electrons. The van der Waals surface area contributed by atoms with Crippen LogP contribution in [0.4, 0.5) is 0 Å². The molecule has 0 fully saturated rings. The highest BCUT2D eigenvalue weighted by Crippen LogP contribution is 2.21. The Labute approximate surface area is 114 Å². The molecule has 0 atom stereocenters. The van der Waals surface area contributed by atoms with E-state index in [2.05, 4.69) is 0 Å². The Bertz CT molecular complexity index is 681. The van der Waals surface area contributed by atoms with Crippen LogP contribution in [0, 0.1) is 6.92 Å². The van der Waals surface area contributed by atoms with Crippen LogP contribution in [0.2, 0.25) is 0 Å². The first kappa shape index (κ1) is 13.6. The molecule has 0 spiro atoms. The fourth-order valence-electron chi connectivity index (χ4n) is 1.76. The molecular formula is C16H16O2S. The van der Waals surface area contributed by atoms with Gasteiger partial charge in [0.15, 0.2) is 0 Å². The molecule has 19 heavy (non-hydrogen) atoms. The first-order chi connectivity index (χ1) is 9.00. The molecule has 0 saturated heterocycles. The van der Waals surface area contributed by atoms with Gasteiger partial charge in [0.2, 0.25) is 9.84 Å². The van der Waals surface area contributed by atoms with Crippen LogP contribution in [-0.4, -0.2) is 8.42 Å². The molecule has 0 aliphatic rings. The van der Waals surface area contributed by atoms with Gasteiger partial charge in [0, 0.05) is 4.91 Å². The van der Waals surface area contributed by atoms with Gasteiger partial charge in [-0.05, 0) is 37.6 Å². The van der Waals surface area contributed by atoms with Crippen LogP contribution in [-0.2, 0) is 9.84 Å². The van der Waals surface area contributed by atoms with E-state index in [1.54, 1.807) is 25.1 Å². The van der Waals surface area contributed by atoms with Gasteiger partial charge < -0.3 is 0 Å². The van der Waals surface area contributed by atoms with E-state index in [0.717, 1.165) is 11.1 Å². The fourth-order valence-corrected chi connectivity index (χ4v) is 2.92. The number of hydrogen-bond donors (Lipinski definition) is 0. The minimum Gasteiger partial charge on any atom is -0.219 e. The lowest BCUT2D eigenvalue weighted by Crippen LogP contribution is -2.02. The van der Waals surface area contributed by atoms with Crippen molar-refractivity contribution in [2.45, 2.75) is 18.7 Å². The molecule has 0 aliphatic heterocycles. The third-order valence-electron chi connectivity index (χ3n) is 2.92. The Morgan fingerprint density at radius 3 is 2.11 bits per heavy atom. The quantitative estimate of drug-likeness (QED) is 0.851. The zero-order chi connectivity index (χ0) is 13.9. The number of aryl methyl sites for hydroxylation is 1. The second kappa shape index (κ2) is 5.41. The van der Waals surface area contributed by atoms with Crippen LogP contribution < -0.4 is 0 Å². The topological polar surface area (TPSA) is 34.1 Å². The van der Waals surface area contributed by atoms with Crippen LogP contribution in [0.15, 0.2) is 64.4 Å². The van der Waals surface area contributed by atoms with Gasteiger partial charge in [-0.25, -0.2) is 8.42 Å². The largest absolute Gasteiger partial charge is 0.219 e. The summed E-state index contributed by atoms with van der Waals surface area (Å²) in [7, 11) is -3.39. The van der Waals surface area contributed by atoms with Crippen LogP contribution in [0.5, 0.6) is 0 Å². The lowest BCUT2D eigenvalue weighted by molar-refractivity contribution is 0.602. The summed E-state index contributed by atoms with van der Waals surface area (Å²) in [5.41, 5.74) is 1.93. The van der Waals surface area contributed by atoms with Crippen molar-refractivity contribution in [3.8, 4) is 0 Å². The Morgan fingerprint density at radius 2 is 1.53 bits per heavy atom. The molecule has 2 nitrogen and oxygen atoms in total. The molecule has 3 heteroatoms.